The molecule has 2 aromatic rings. The lowest BCUT2D eigenvalue weighted by atomic mass is 10.1. The van der Waals surface area contributed by atoms with Crippen LogP contribution in [0.15, 0.2) is 24.3 Å². The van der Waals surface area contributed by atoms with Crippen molar-refractivity contribution in [1.29, 1.82) is 0 Å². The van der Waals surface area contributed by atoms with Crippen LogP contribution in [0.4, 0.5) is 0 Å². The number of nitrogens with zero attached hydrogens (tertiary/aromatic N) is 3. The van der Waals surface area contributed by atoms with E-state index in [1.54, 1.807) is 0 Å². The normalized spacial score (nSPS) is 19.3. The lowest BCUT2D eigenvalue weighted by Crippen LogP contribution is -2.02. The Balaban J connectivity index is 1.97. The molecule has 1 aliphatic heterocycles. The van der Waals surface area contributed by atoms with Gasteiger partial charge >= 0.3 is 0 Å². The Morgan fingerprint density at radius 3 is 3.06 bits per heavy atom. The summed E-state index contributed by atoms with van der Waals surface area (Å²) in [7, 11) is 0. The Labute approximate surface area is 111 Å². The van der Waals surface area contributed by atoms with Crippen LogP contribution in [0.5, 0.6) is 0 Å². The SMILES string of the molecule is Cc1nc([C@H]2CCOC2)nn1-c1cccc(Cl)c1. The van der Waals surface area contributed by atoms with Gasteiger partial charge in [0.15, 0.2) is 5.82 Å². The zero-order valence-electron chi connectivity index (χ0n) is 10.1. The van der Waals surface area contributed by atoms with Crippen molar-refractivity contribution in [3.05, 3.63) is 40.9 Å². The molecule has 1 atom stereocenters. The maximum Gasteiger partial charge on any atom is 0.156 e. The van der Waals surface area contributed by atoms with Gasteiger partial charge in [-0.05, 0) is 31.5 Å². The molecule has 0 N–H and O–H groups in total. The zero-order chi connectivity index (χ0) is 12.5. The number of halogens is 1. The summed E-state index contributed by atoms with van der Waals surface area (Å²) in [6, 6.07) is 7.63. The van der Waals surface area contributed by atoms with Gasteiger partial charge in [-0.15, -0.1) is 0 Å². The van der Waals surface area contributed by atoms with Crippen molar-refractivity contribution in [2.75, 3.05) is 13.2 Å². The highest BCUT2D eigenvalue weighted by atomic mass is 35.5. The van der Waals surface area contributed by atoms with Crippen molar-refractivity contribution in [3.8, 4) is 5.69 Å². The van der Waals surface area contributed by atoms with E-state index in [1.165, 1.54) is 0 Å². The lowest BCUT2D eigenvalue weighted by molar-refractivity contribution is 0.193. The van der Waals surface area contributed by atoms with Gasteiger partial charge in [-0.3, -0.25) is 0 Å². The van der Waals surface area contributed by atoms with Gasteiger partial charge in [-0.1, -0.05) is 17.7 Å². The number of aryl methyl sites for hydroxylation is 1. The molecular formula is C13H14ClN3O. The molecule has 0 amide bonds. The minimum absolute atomic E-state index is 0.323. The first-order valence-electron chi connectivity index (χ1n) is 6.01. The largest absolute Gasteiger partial charge is 0.381 e. The average molecular weight is 264 g/mol. The van der Waals surface area contributed by atoms with E-state index in [4.69, 9.17) is 16.3 Å². The number of rotatable bonds is 2. The Hall–Kier alpha value is -1.39. The summed E-state index contributed by atoms with van der Waals surface area (Å²) < 4.78 is 7.21. The molecule has 0 aliphatic carbocycles. The van der Waals surface area contributed by atoms with E-state index >= 15 is 0 Å². The standard InChI is InChI=1S/C13H14ClN3O/c1-9-15-13(10-5-6-18-8-10)16-17(9)12-4-2-3-11(14)7-12/h2-4,7,10H,5-6,8H2,1H3/t10-/m0/s1. The van der Waals surface area contributed by atoms with Crippen molar-refractivity contribution < 1.29 is 4.74 Å². The molecule has 0 bridgehead atoms. The molecule has 5 heteroatoms. The molecule has 1 saturated heterocycles. The van der Waals surface area contributed by atoms with Crippen molar-refractivity contribution in [2.45, 2.75) is 19.3 Å². The Morgan fingerprint density at radius 1 is 1.44 bits per heavy atom. The minimum atomic E-state index is 0.323. The van der Waals surface area contributed by atoms with Gasteiger partial charge in [-0.25, -0.2) is 9.67 Å². The second-order valence-electron chi connectivity index (χ2n) is 4.47. The van der Waals surface area contributed by atoms with Crippen LogP contribution in [0.3, 0.4) is 0 Å². The minimum Gasteiger partial charge on any atom is -0.381 e. The number of hydrogen-bond acceptors (Lipinski definition) is 3. The predicted molar refractivity (Wildman–Crippen MR) is 69.3 cm³/mol. The van der Waals surface area contributed by atoms with Gasteiger partial charge in [0.2, 0.25) is 0 Å². The first-order valence-corrected chi connectivity index (χ1v) is 6.39. The first-order chi connectivity index (χ1) is 8.74. The number of hydrogen-bond donors (Lipinski definition) is 0. The Kier molecular flexibility index (Phi) is 3.06. The van der Waals surface area contributed by atoms with Crippen molar-refractivity contribution in [2.24, 2.45) is 0 Å². The second-order valence-corrected chi connectivity index (χ2v) is 4.91. The third kappa shape index (κ3) is 2.13. The molecule has 3 rings (SSSR count). The highest BCUT2D eigenvalue weighted by Gasteiger charge is 2.23. The predicted octanol–water partition coefficient (Wildman–Crippen LogP) is 2.73. The van der Waals surface area contributed by atoms with Gasteiger partial charge in [0.1, 0.15) is 5.82 Å². The fraction of sp³-hybridized carbons (Fsp3) is 0.385. The molecular weight excluding hydrogens is 250 g/mol. The highest BCUT2D eigenvalue weighted by molar-refractivity contribution is 6.30. The first kappa shape index (κ1) is 11.7. The molecule has 4 nitrogen and oxygen atoms in total. The van der Waals surface area contributed by atoms with Crippen LogP contribution in [0.1, 0.15) is 24.0 Å². The van der Waals surface area contributed by atoms with Crippen LogP contribution in [0.25, 0.3) is 5.69 Å². The molecule has 0 saturated carbocycles. The molecule has 94 valence electrons. The van der Waals surface area contributed by atoms with Gasteiger partial charge in [0, 0.05) is 17.5 Å². The van der Waals surface area contributed by atoms with Crippen molar-refractivity contribution in [1.82, 2.24) is 14.8 Å². The van der Waals surface area contributed by atoms with Crippen molar-refractivity contribution >= 4 is 11.6 Å². The topological polar surface area (TPSA) is 39.9 Å². The van der Waals surface area contributed by atoms with E-state index in [0.29, 0.717) is 10.9 Å². The summed E-state index contributed by atoms with van der Waals surface area (Å²) >= 11 is 6.00. The van der Waals surface area contributed by atoms with Crippen molar-refractivity contribution in [3.63, 3.8) is 0 Å². The van der Waals surface area contributed by atoms with Crippen LogP contribution in [-0.4, -0.2) is 28.0 Å². The average Bonchev–Trinajstić information content (AvgIpc) is 2.97. The second kappa shape index (κ2) is 4.71. The summed E-state index contributed by atoms with van der Waals surface area (Å²) in [6.45, 7) is 3.47. The maximum atomic E-state index is 6.00. The molecule has 0 spiro atoms. The molecule has 1 aliphatic rings. The van der Waals surface area contributed by atoms with E-state index in [9.17, 15) is 0 Å². The molecule has 1 aromatic carbocycles. The monoisotopic (exact) mass is 263 g/mol. The van der Waals surface area contributed by atoms with E-state index in [0.717, 1.165) is 37.0 Å². The molecule has 2 heterocycles. The van der Waals surface area contributed by atoms with E-state index < -0.39 is 0 Å². The highest BCUT2D eigenvalue weighted by Crippen LogP contribution is 2.24. The summed E-state index contributed by atoms with van der Waals surface area (Å²) in [5.74, 6) is 2.06. The quantitative estimate of drug-likeness (QED) is 0.836. The summed E-state index contributed by atoms with van der Waals surface area (Å²) in [6.07, 6.45) is 0.999. The van der Waals surface area contributed by atoms with Crippen LogP contribution < -0.4 is 0 Å². The van der Waals surface area contributed by atoms with E-state index in [2.05, 4.69) is 10.1 Å². The lowest BCUT2D eigenvalue weighted by Gasteiger charge is -2.03. The van der Waals surface area contributed by atoms with Gasteiger partial charge in [-0.2, -0.15) is 5.10 Å². The molecule has 1 aromatic heterocycles. The number of aromatic nitrogens is 3. The van der Waals surface area contributed by atoms with Crippen LogP contribution >= 0.6 is 11.6 Å². The number of benzene rings is 1. The van der Waals surface area contributed by atoms with E-state index in [-0.39, 0.29) is 0 Å². The smallest absolute Gasteiger partial charge is 0.156 e. The van der Waals surface area contributed by atoms with Crippen LogP contribution in [0.2, 0.25) is 5.02 Å². The van der Waals surface area contributed by atoms with Gasteiger partial charge in [0.05, 0.1) is 12.3 Å². The summed E-state index contributed by atoms with van der Waals surface area (Å²) in [4.78, 5) is 4.53. The Morgan fingerprint density at radius 2 is 2.33 bits per heavy atom. The molecule has 0 unspecified atom stereocenters. The fourth-order valence-corrected chi connectivity index (χ4v) is 2.36. The molecule has 18 heavy (non-hydrogen) atoms. The van der Waals surface area contributed by atoms with Crippen LogP contribution in [-0.2, 0) is 4.74 Å². The third-order valence-electron chi connectivity index (χ3n) is 3.13. The molecule has 0 radical (unpaired) electrons. The molecule has 1 fully saturated rings. The number of ether oxygens (including phenoxy) is 1. The van der Waals surface area contributed by atoms with Gasteiger partial charge in [0.25, 0.3) is 0 Å². The maximum absolute atomic E-state index is 6.00. The van der Waals surface area contributed by atoms with Gasteiger partial charge < -0.3 is 4.74 Å². The summed E-state index contributed by atoms with van der Waals surface area (Å²) in [5, 5.41) is 5.27. The zero-order valence-corrected chi connectivity index (χ0v) is 10.9. The Bertz CT molecular complexity index is 561. The van der Waals surface area contributed by atoms with E-state index in [1.807, 2.05) is 35.9 Å². The fourth-order valence-electron chi connectivity index (χ4n) is 2.17. The third-order valence-corrected chi connectivity index (χ3v) is 3.37. The van der Waals surface area contributed by atoms with Crippen LogP contribution in [0, 0.1) is 6.92 Å². The summed E-state index contributed by atoms with van der Waals surface area (Å²) in [5.41, 5.74) is 0.942.